The maximum absolute atomic E-state index is 12.7. The molecule has 3 rings (SSSR count). The van der Waals surface area contributed by atoms with Crippen molar-refractivity contribution in [1.29, 1.82) is 5.26 Å². The summed E-state index contributed by atoms with van der Waals surface area (Å²) in [5.74, 6) is -0.697. The smallest absolute Gasteiger partial charge is 0.257 e. The Hall–Kier alpha value is -3.28. The molecule has 27 heavy (non-hydrogen) atoms. The van der Waals surface area contributed by atoms with Crippen LogP contribution in [0, 0.1) is 18.3 Å². The van der Waals surface area contributed by atoms with Gasteiger partial charge in [0.15, 0.2) is 5.13 Å². The lowest BCUT2D eigenvalue weighted by Gasteiger charge is -2.10. The van der Waals surface area contributed by atoms with Gasteiger partial charge >= 0.3 is 0 Å². The van der Waals surface area contributed by atoms with Crippen LogP contribution in [0.1, 0.15) is 27.0 Å². The molecule has 0 aliphatic carbocycles. The van der Waals surface area contributed by atoms with Gasteiger partial charge in [0.05, 0.1) is 28.4 Å². The van der Waals surface area contributed by atoms with Crippen molar-refractivity contribution in [2.24, 2.45) is 5.73 Å². The number of benzene rings is 2. The molecule has 0 spiro atoms. The first-order chi connectivity index (χ1) is 13.0. The number of nitrogens with two attached hydrogens (primary N) is 1. The van der Waals surface area contributed by atoms with E-state index in [1.165, 1.54) is 11.3 Å². The number of amides is 2. The summed E-state index contributed by atoms with van der Waals surface area (Å²) in [4.78, 5) is 28.6. The van der Waals surface area contributed by atoms with Gasteiger partial charge in [0.2, 0.25) is 5.91 Å². The van der Waals surface area contributed by atoms with Crippen molar-refractivity contribution in [2.75, 3.05) is 11.9 Å². The number of aryl methyl sites for hydroxylation is 1. The highest BCUT2D eigenvalue weighted by Gasteiger charge is 2.15. The van der Waals surface area contributed by atoms with Gasteiger partial charge in [-0.3, -0.25) is 14.9 Å². The average molecular weight is 379 g/mol. The molecule has 0 radical (unpaired) electrons. The lowest BCUT2D eigenvalue weighted by molar-refractivity contribution is -0.119. The summed E-state index contributed by atoms with van der Waals surface area (Å²) < 4.78 is 0.987. The number of fused-ring (bicyclic) bond motifs is 1. The Balaban J connectivity index is 1.85. The van der Waals surface area contributed by atoms with Crippen LogP contribution in [0.15, 0.2) is 36.4 Å². The third-order valence-corrected chi connectivity index (χ3v) is 4.84. The average Bonchev–Trinajstić information content (AvgIpc) is 3.06. The standard InChI is InChI=1S/C19H17N5O2S/c1-11-2-5-15-16(6-11)27-19(23-15)24-18(26)14-4-3-12(8-20)7-13(14)10-22-17(25)9-21/h2-7H,9-10,21H2,1H3,(H,22,25)(H,23,24,26). The third kappa shape index (κ3) is 4.28. The molecule has 0 unspecified atom stereocenters. The molecule has 136 valence electrons. The van der Waals surface area contributed by atoms with E-state index >= 15 is 0 Å². The highest BCUT2D eigenvalue weighted by molar-refractivity contribution is 7.22. The van der Waals surface area contributed by atoms with Gasteiger partial charge < -0.3 is 11.1 Å². The van der Waals surface area contributed by atoms with Crippen LogP contribution in [0.25, 0.3) is 10.2 Å². The third-order valence-electron chi connectivity index (χ3n) is 3.90. The maximum atomic E-state index is 12.7. The van der Waals surface area contributed by atoms with E-state index < -0.39 is 0 Å². The number of nitriles is 1. The van der Waals surface area contributed by atoms with Crippen molar-refractivity contribution in [2.45, 2.75) is 13.5 Å². The van der Waals surface area contributed by atoms with E-state index in [9.17, 15) is 9.59 Å². The summed E-state index contributed by atoms with van der Waals surface area (Å²) in [5, 5.41) is 15.0. The zero-order valence-electron chi connectivity index (χ0n) is 14.6. The van der Waals surface area contributed by atoms with Crippen LogP contribution in [0.4, 0.5) is 5.13 Å². The Morgan fingerprint density at radius 2 is 2.07 bits per heavy atom. The SMILES string of the molecule is Cc1ccc2nc(NC(=O)c3ccc(C#N)cc3CNC(=O)CN)sc2c1. The van der Waals surface area contributed by atoms with E-state index in [1.54, 1.807) is 18.2 Å². The van der Waals surface area contributed by atoms with Crippen LogP contribution in [-0.4, -0.2) is 23.3 Å². The molecule has 0 atom stereocenters. The van der Waals surface area contributed by atoms with Gasteiger partial charge in [0.1, 0.15) is 0 Å². The molecule has 2 amide bonds. The molecule has 1 aromatic heterocycles. The minimum atomic E-state index is -0.354. The largest absolute Gasteiger partial charge is 0.351 e. The van der Waals surface area contributed by atoms with Crippen molar-refractivity contribution in [3.05, 3.63) is 58.7 Å². The Labute approximate surface area is 159 Å². The number of anilines is 1. The van der Waals surface area contributed by atoms with E-state index in [-0.39, 0.29) is 24.9 Å². The topological polar surface area (TPSA) is 121 Å². The summed E-state index contributed by atoms with van der Waals surface area (Å²) in [6, 6.07) is 12.6. The van der Waals surface area contributed by atoms with Crippen LogP contribution in [0.2, 0.25) is 0 Å². The van der Waals surface area contributed by atoms with Crippen LogP contribution in [0.5, 0.6) is 0 Å². The second-order valence-corrected chi connectivity index (χ2v) is 6.94. The predicted octanol–water partition coefficient (Wildman–Crippen LogP) is 2.30. The molecule has 8 heteroatoms. The van der Waals surface area contributed by atoms with E-state index in [2.05, 4.69) is 15.6 Å². The maximum Gasteiger partial charge on any atom is 0.257 e. The Bertz CT molecular complexity index is 1070. The molecule has 0 aliphatic heterocycles. The van der Waals surface area contributed by atoms with Gasteiger partial charge in [0, 0.05) is 12.1 Å². The van der Waals surface area contributed by atoms with E-state index in [0.717, 1.165) is 15.8 Å². The second kappa shape index (κ2) is 7.95. The number of aromatic nitrogens is 1. The van der Waals surface area contributed by atoms with E-state index in [1.807, 2.05) is 31.2 Å². The summed E-state index contributed by atoms with van der Waals surface area (Å²) >= 11 is 1.39. The summed E-state index contributed by atoms with van der Waals surface area (Å²) in [5.41, 5.74) is 8.52. The van der Waals surface area contributed by atoms with Gasteiger partial charge in [-0.05, 0) is 48.4 Å². The molecule has 0 aliphatic rings. The fourth-order valence-electron chi connectivity index (χ4n) is 2.55. The molecular weight excluding hydrogens is 362 g/mol. The minimum absolute atomic E-state index is 0.105. The van der Waals surface area contributed by atoms with Crippen molar-refractivity contribution in [3.63, 3.8) is 0 Å². The van der Waals surface area contributed by atoms with Gasteiger partial charge in [-0.15, -0.1) is 0 Å². The van der Waals surface area contributed by atoms with E-state index in [0.29, 0.717) is 21.8 Å². The van der Waals surface area contributed by atoms with E-state index in [4.69, 9.17) is 11.0 Å². The first-order valence-corrected chi connectivity index (χ1v) is 9.00. The van der Waals surface area contributed by atoms with Crippen molar-refractivity contribution < 1.29 is 9.59 Å². The van der Waals surface area contributed by atoms with Crippen LogP contribution in [-0.2, 0) is 11.3 Å². The fraction of sp³-hybridized carbons (Fsp3) is 0.158. The molecular formula is C19H17N5O2S. The molecule has 0 fully saturated rings. The van der Waals surface area contributed by atoms with Gasteiger partial charge in [-0.1, -0.05) is 17.4 Å². The van der Waals surface area contributed by atoms with Crippen molar-refractivity contribution in [3.8, 4) is 6.07 Å². The van der Waals surface area contributed by atoms with Crippen LogP contribution in [0.3, 0.4) is 0 Å². The van der Waals surface area contributed by atoms with Crippen LogP contribution < -0.4 is 16.4 Å². The number of nitrogens with zero attached hydrogens (tertiary/aromatic N) is 2. The molecule has 0 bridgehead atoms. The number of nitrogens with one attached hydrogen (secondary N) is 2. The molecule has 7 nitrogen and oxygen atoms in total. The fourth-order valence-corrected chi connectivity index (χ4v) is 3.51. The molecule has 4 N–H and O–H groups in total. The summed E-state index contributed by atoms with van der Waals surface area (Å²) in [7, 11) is 0. The van der Waals surface area contributed by atoms with Gasteiger partial charge in [0.25, 0.3) is 5.91 Å². The summed E-state index contributed by atoms with van der Waals surface area (Å²) in [6.07, 6.45) is 0. The first-order valence-electron chi connectivity index (χ1n) is 8.18. The first kappa shape index (κ1) is 18.5. The highest BCUT2D eigenvalue weighted by atomic mass is 32.1. The number of hydrogen-bond acceptors (Lipinski definition) is 6. The highest BCUT2D eigenvalue weighted by Crippen LogP contribution is 2.27. The zero-order valence-corrected chi connectivity index (χ0v) is 15.4. The molecule has 2 aromatic carbocycles. The lowest BCUT2D eigenvalue weighted by atomic mass is 10.0. The number of hydrogen-bond donors (Lipinski definition) is 3. The molecule has 0 saturated heterocycles. The zero-order chi connectivity index (χ0) is 19.4. The predicted molar refractivity (Wildman–Crippen MR) is 104 cm³/mol. The number of carbonyl (C=O) groups excluding carboxylic acids is 2. The van der Waals surface area contributed by atoms with Gasteiger partial charge in [-0.25, -0.2) is 4.98 Å². The molecule has 3 aromatic rings. The Kier molecular flexibility index (Phi) is 5.45. The Morgan fingerprint density at radius 3 is 2.81 bits per heavy atom. The molecule has 0 saturated carbocycles. The lowest BCUT2D eigenvalue weighted by Crippen LogP contribution is -2.30. The number of carbonyl (C=O) groups is 2. The quantitative estimate of drug-likeness (QED) is 0.628. The Morgan fingerprint density at radius 1 is 1.26 bits per heavy atom. The second-order valence-electron chi connectivity index (χ2n) is 5.91. The summed E-state index contributed by atoms with van der Waals surface area (Å²) in [6.45, 7) is 1.95. The normalized spacial score (nSPS) is 10.4. The van der Waals surface area contributed by atoms with Crippen molar-refractivity contribution >= 4 is 38.5 Å². The van der Waals surface area contributed by atoms with Crippen molar-refractivity contribution in [1.82, 2.24) is 10.3 Å². The minimum Gasteiger partial charge on any atom is -0.351 e. The number of rotatable bonds is 5. The van der Waals surface area contributed by atoms with Gasteiger partial charge in [-0.2, -0.15) is 5.26 Å². The monoisotopic (exact) mass is 379 g/mol. The van der Waals surface area contributed by atoms with Crippen LogP contribution >= 0.6 is 11.3 Å². The molecule has 1 heterocycles. The number of thiazole rings is 1.